The van der Waals surface area contributed by atoms with Gasteiger partial charge in [-0.1, -0.05) is 34.6 Å². The van der Waals surface area contributed by atoms with Crippen molar-refractivity contribution < 1.29 is 13.6 Å². The van der Waals surface area contributed by atoms with Crippen LogP contribution in [0.2, 0.25) is 0 Å². The van der Waals surface area contributed by atoms with Crippen molar-refractivity contribution in [1.82, 2.24) is 14.7 Å². The van der Waals surface area contributed by atoms with Gasteiger partial charge in [-0.05, 0) is 12.3 Å². The fourth-order valence-corrected chi connectivity index (χ4v) is 3.63. The number of alkyl halides is 2. The van der Waals surface area contributed by atoms with E-state index in [1.54, 1.807) is 4.90 Å². The first-order valence-electron chi connectivity index (χ1n) is 9.45. The molecule has 1 atom stereocenters. The highest BCUT2D eigenvalue weighted by Gasteiger charge is 2.47. The summed E-state index contributed by atoms with van der Waals surface area (Å²) in [6.07, 6.45) is 1.01. The van der Waals surface area contributed by atoms with Crippen molar-refractivity contribution >= 4 is 5.91 Å². The molecule has 24 heavy (non-hydrogen) atoms. The molecule has 2 heterocycles. The van der Waals surface area contributed by atoms with Crippen molar-refractivity contribution in [3.05, 3.63) is 0 Å². The molecule has 0 aromatic rings. The summed E-state index contributed by atoms with van der Waals surface area (Å²) in [6.45, 7) is 13.6. The lowest BCUT2D eigenvalue weighted by Gasteiger charge is -2.46. The van der Waals surface area contributed by atoms with Crippen LogP contribution in [-0.2, 0) is 4.79 Å². The Morgan fingerprint density at radius 1 is 1.12 bits per heavy atom. The van der Waals surface area contributed by atoms with Crippen LogP contribution in [0.3, 0.4) is 0 Å². The summed E-state index contributed by atoms with van der Waals surface area (Å²) >= 11 is 0. The second-order valence-electron chi connectivity index (χ2n) is 6.96. The highest BCUT2D eigenvalue weighted by molar-refractivity contribution is 5.75. The Bertz CT molecular complexity index is 382. The maximum absolute atomic E-state index is 14.5. The molecule has 0 spiro atoms. The molecule has 0 N–H and O–H groups in total. The molecule has 142 valence electrons. The normalized spacial score (nSPS) is 25.3. The number of piperidine rings is 1. The fraction of sp³-hybridized carbons (Fsp3) is 0.944. The first kappa shape index (κ1) is 21.3. The van der Waals surface area contributed by atoms with Crippen molar-refractivity contribution in [3.63, 3.8) is 0 Å². The summed E-state index contributed by atoms with van der Waals surface area (Å²) in [5, 5.41) is 0. The molecular weight excluding hydrogens is 312 g/mol. The molecule has 4 nitrogen and oxygen atoms in total. The van der Waals surface area contributed by atoms with Crippen LogP contribution in [-0.4, -0.2) is 78.4 Å². The third-order valence-electron chi connectivity index (χ3n) is 4.67. The van der Waals surface area contributed by atoms with Gasteiger partial charge in [0.25, 0.3) is 5.92 Å². The Kier molecular flexibility index (Phi) is 8.57. The molecule has 2 aliphatic heterocycles. The zero-order valence-corrected chi connectivity index (χ0v) is 16.0. The third kappa shape index (κ3) is 5.66. The van der Waals surface area contributed by atoms with Gasteiger partial charge in [0.2, 0.25) is 5.91 Å². The van der Waals surface area contributed by atoms with Gasteiger partial charge in [-0.15, -0.1) is 0 Å². The van der Waals surface area contributed by atoms with Gasteiger partial charge in [0.15, 0.2) is 0 Å². The smallest absolute Gasteiger partial charge is 0.275 e. The second kappa shape index (κ2) is 9.66. The van der Waals surface area contributed by atoms with Crippen molar-refractivity contribution in [3.8, 4) is 0 Å². The van der Waals surface area contributed by atoms with Crippen LogP contribution in [0, 0.1) is 5.92 Å². The molecule has 0 aromatic carbocycles. The highest BCUT2D eigenvalue weighted by Crippen LogP contribution is 2.32. The third-order valence-corrected chi connectivity index (χ3v) is 4.67. The van der Waals surface area contributed by atoms with Gasteiger partial charge in [0, 0.05) is 45.7 Å². The van der Waals surface area contributed by atoms with E-state index in [1.807, 2.05) is 30.6 Å². The van der Waals surface area contributed by atoms with Crippen molar-refractivity contribution in [2.24, 2.45) is 5.92 Å². The summed E-state index contributed by atoms with van der Waals surface area (Å²) in [7, 11) is 0. The van der Waals surface area contributed by atoms with Crippen LogP contribution < -0.4 is 0 Å². The Morgan fingerprint density at radius 3 is 2.17 bits per heavy atom. The topological polar surface area (TPSA) is 26.8 Å². The number of rotatable bonds is 4. The quantitative estimate of drug-likeness (QED) is 0.782. The Labute approximate surface area is 146 Å². The maximum Gasteiger partial charge on any atom is 0.275 e. The first-order chi connectivity index (χ1) is 11.3. The van der Waals surface area contributed by atoms with E-state index in [2.05, 4.69) is 13.8 Å². The Balaban J connectivity index is 0.00000139. The number of nitrogens with zero attached hydrogens (tertiary/aromatic N) is 3. The molecule has 2 aliphatic rings. The van der Waals surface area contributed by atoms with Gasteiger partial charge in [-0.3, -0.25) is 14.6 Å². The molecule has 0 aromatic heterocycles. The largest absolute Gasteiger partial charge is 0.340 e. The average Bonchev–Trinajstić information content (AvgIpc) is 2.55. The van der Waals surface area contributed by atoms with Gasteiger partial charge >= 0.3 is 0 Å². The molecule has 1 amide bonds. The van der Waals surface area contributed by atoms with Gasteiger partial charge in [-0.2, -0.15) is 0 Å². The number of hydrogen-bond donors (Lipinski definition) is 0. The lowest BCUT2D eigenvalue weighted by Crippen LogP contribution is -2.62. The average molecular weight is 347 g/mol. The predicted octanol–water partition coefficient (Wildman–Crippen LogP) is 2.93. The number of piperazine rings is 1. The van der Waals surface area contributed by atoms with Gasteiger partial charge < -0.3 is 4.90 Å². The van der Waals surface area contributed by atoms with Crippen LogP contribution in [0.5, 0.6) is 0 Å². The maximum atomic E-state index is 14.5. The number of hydrogen-bond acceptors (Lipinski definition) is 3. The molecule has 0 bridgehead atoms. The van der Waals surface area contributed by atoms with Gasteiger partial charge in [-0.25, -0.2) is 8.78 Å². The van der Waals surface area contributed by atoms with Crippen LogP contribution >= 0.6 is 0 Å². The molecule has 6 heteroatoms. The number of amides is 1. The minimum Gasteiger partial charge on any atom is -0.340 e. The fourth-order valence-electron chi connectivity index (χ4n) is 3.63. The summed E-state index contributed by atoms with van der Waals surface area (Å²) in [6, 6.07) is -0.671. The Hall–Kier alpha value is -0.750. The summed E-state index contributed by atoms with van der Waals surface area (Å²) < 4.78 is 29.0. The van der Waals surface area contributed by atoms with Crippen LogP contribution in [0.15, 0.2) is 0 Å². The summed E-state index contributed by atoms with van der Waals surface area (Å²) in [5.74, 6) is -2.13. The first-order valence-corrected chi connectivity index (χ1v) is 9.45. The van der Waals surface area contributed by atoms with E-state index in [9.17, 15) is 13.6 Å². The number of halogens is 2. The van der Waals surface area contributed by atoms with Crippen LogP contribution in [0.4, 0.5) is 8.78 Å². The monoisotopic (exact) mass is 347 g/mol. The van der Waals surface area contributed by atoms with Crippen molar-refractivity contribution in [1.29, 1.82) is 0 Å². The lowest BCUT2D eigenvalue weighted by atomic mass is 9.97. The lowest BCUT2D eigenvalue weighted by molar-refractivity contribution is -0.143. The summed E-state index contributed by atoms with van der Waals surface area (Å²) in [4.78, 5) is 17.3. The van der Waals surface area contributed by atoms with Crippen molar-refractivity contribution in [2.75, 3.05) is 45.8 Å². The number of carbonyl (C=O) groups is 1. The minimum atomic E-state index is -2.66. The number of carbonyl (C=O) groups excluding carboxylic acids is 1. The number of likely N-dealkylation sites (tertiary alicyclic amines) is 1. The van der Waals surface area contributed by atoms with E-state index in [1.165, 1.54) is 0 Å². The molecule has 2 saturated heterocycles. The van der Waals surface area contributed by atoms with Crippen LogP contribution in [0.25, 0.3) is 0 Å². The molecular formula is C18H35F2N3O. The molecule has 2 rings (SSSR count). The van der Waals surface area contributed by atoms with E-state index in [0.717, 1.165) is 13.1 Å². The zero-order valence-electron chi connectivity index (χ0n) is 16.0. The summed E-state index contributed by atoms with van der Waals surface area (Å²) in [5.41, 5.74) is 0. The van der Waals surface area contributed by atoms with E-state index in [4.69, 9.17) is 0 Å². The molecule has 2 fully saturated rings. The highest BCUT2D eigenvalue weighted by atomic mass is 19.3. The van der Waals surface area contributed by atoms with E-state index in [0.29, 0.717) is 44.9 Å². The van der Waals surface area contributed by atoms with E-state index < -0.39 is 12.0 Å². The van der Waals surface area contributed by atoms with E-state index >= 15 is 0 Å². The second-order valence-corrected chi connectivity index (χ2v) is 6.96. The molecule has 0 saturated carbocycles. The molecule has 0 aliphatic carbocycles. The van der Waals surface area contributed by atoms with Gasteiger partial charge in [0.05, 0.1) is 12.6 Å². The Morgan fingerprint density at radius 2 is 1.71 bits per heavy atom. The zero-order chi connectivity index (χ0) is 18.3. The van der Waals surface area contributed by atoms with Crippen LogP contribution in [0.1, 0.15) is 47.5 Å². The van der Waals surface area contributed by atoms with E-state index in [-0.39, 0.29) is 12.5 Å². The standard InChI is InChI=1S/C16H29F2N3O.C2H6/c1-4-15(22)21-9-7-20(8-10-21)14-5-6-19(11-13(2)3)12-16(14,17)18;1-2/h13-14H,4-12H2,1-3H3;1-2H3/t14-;/m0./s1. The molecule has 0 unspecified atom stereocenters. The minimum absolute atomic E-state index is 0.123. The SMILES string of the molecule is CC.CCC(=O)N1CCN([C@H]2CCN(CC(C)C)CC2(F)F)CC1. The van der Waals surface area contributed by atoms with Crippen molar-refractivity contribution in [2.45, 2.75) is 59.4 Å². The molecule has 0 radical (unpaired) electrons. The predicted molar refractivity (Wildman–Crippen MR) is 94.4 cm³/mol. The van der Waals surface area contributed by atoms with Gasteiger partial charge in [0.1, 0.15) is 0 Å².